The van der Waals surface area contributed by atoms with Gasteiger partial charge in [-0.2, -0.15) is 0 Å². The molecule has 2 aliphatic heterocycles. The number of rotatable bonds is 5. The van der Waals surface area contributed by atoms with Gasteiger partial charge < -0.3 is 9.47 Å². The van der Waals surface area contributed by atoms with Gasteiger partial charge in [-0.25, -0.2) is 9.97 Å². The fraction of sp³-hybridized carbons (Fsp3) is 0.700. The molecule has 7 nitrogen and oxygen atoms in total. The van der Waals surface area contributed by atoms with E-state index in [0.29, 0.717) is 5.92 Å². The first kappa shape index (κ1) is 18.3. The first-order valence-corrected chi connectivity index (χ1v) is 10.4. The van der Waals surface area contributed by atoms with Crippen LogP contribution in [0.25, 0.3) is 0 Å². The molecule has 0 aromatic carbocycles. The number of aryl methyl sites for hydroxylation is 2. The molecule has 0 spiro atoms. The van der Waals surface area contributed by atoms with Crippen LogP contribution in [-0.4, -0.2) is 55.8 Å². The molecule has 0 saturated carbocycles. The molecule has 0 radical (unpaired) electrons. The SMILES string of the molecule is CCn1c(CN2CCCC2)nnc1C1CCN(c2nc(C)cc(C)n2)CC1. The van der Waals surface area contributed by atoms with Crippen LogP contribution in [0.5, 0.6) is 0 Å². The molecule has 0 aliphatic carbocycles. The number of nitrogens with zero attached hydrogens (tertiary/aromatic N) is 7. The molecule has 2 fully saturated rings. The van der Waals surface area contributed by atoms with Crippen molar-refractivity contribution in [2.24, 2.45) is 0 Å². The molecule has 0 unspecified atom stereocenters. The first-order valence-electron chi connectivity index (χ1n) is 10.4. The van der Waals surface area contributed by atoms with Crippen molar-refractivity contribution in [3.63, 3.8) is 0 Å². The van der Waals surface area contributed by atoms with Crippen molar-refractivity contribution in [2.45, 2.75) is 65.5 Å². The maximum absolute atomic E-state index is 4.63. The second-order valence-electron chi connectivity index (χ2n) is 7.91. The van der Waals surface area contributed by atoms with Gasteiger partial charge in [-0.05, 0) is 65.6 Å². The van der Waals surface area contributed by atoms with Crippen LogP contribution in [0.1, 0.15) is 61.6 Å². The van der Waals surface area contributed by atoms with E-state index in [9.17, 15) is 0 Å². The number of hydrogen-bond acceptors (Lipinski definition) is 6. The summed E-state index contributed by atoms with van der Waals surface area (Å²) in [5.41, 5.74) is 2.08. The van der Waals surface area contributed by atoms with Crippen LogP contribution >= 0.6 is 0 Å². The van der Waals surface area contributed by atoms with Crippen molar-refractivity contribution in [1.82, 2.24) is 29.6 Å². The van der Waals surface area contributed by atoms with E-state index in [4.69, 9.17) is 0 Å². The molecule has 0 amide bonds. The van der Waals surface area contributed by atoms with Crippen LogP contribution in [0.3, 0.4) is 0 Å². The van der Waals surface area contributed by atoms with E-state index < -0.39 is 0 Å². The predicted molar refractivity (Wildman–Crippen MR) is 106 cm³/mol. The Labute approximate surface area is 161 Å². The van der Waals surface area contributed by atoms with E-state index in [2.05, 4.69) is 41.5 Å². The van der Waals surface area contributed by atoms with E-state index >= 15 is 0 Å². The summed E-state index contributed by atoms with van der Waals surface area (Å²) in [7, 11) is 0. The molecule has 0 bridgehead atoms. The minimum absolute atomic E-state index is 0.479. The first-order chi connectivity index (χ1) is 13.1. The standard InChI is InChI=1S/C20H31N7/c1-4-27-18(14-25-9-5-6-10-25)23-24-19(27)17-7-11-26(12-8-17)20-21-15(2)13-16(3)22-20/h13,17H,4-12,14H2,1-3H3. The molecule has 0 N–H and O–H groups in total. The summed E-state index contributed by atoms with van der Waals surface area (Å²) in [6, 6.07) is 2.03. The summed E-state index contributed by atoms with van der Waals surface area (Å²) >= 11 is 0. The Morgan fingerprint density at radius 2 is 1.63 bits per heavy atom. The predicted octanol–water partition coefficient (Wildman–Crippen LogP) is 2.68. The molecule has 2 aliphatic rings. The Kier molecular flexibility index (Phi) is 5.38. The van der Waals surface area contributed by atoms with E-state index in [-0.39, 0.29) is 0 Å². The van der Waals surface area contributed by atoms with Gasteiger partial charge in [0.1, 0.15) is 11.6 Å². The van der Waals surface area contributed by atoms with Crippen molar-refractivity contribution in [1.29, 1.82) is 0 Å². The quantitative estimate of drug-likeness (QED) is 0.807. The number of anilines is 1. The van der Waals surface area contributed by atoms with Crippen LogP contribution in [-0.2, 0) is 13.1 Å². The summed E-state index contributed by atoms with van der Waals surface area (Å²) in [6.45, 7) is 12.5. The normalized spacial score (nSPS) is 19.1. The van der Waals surface area contributed by atoms with Crippen LogP contribution in [0, 0.1) is 13.8 Å². The Balaban J connectivity index is 1.44. The Morgan fingerprint density at radius 3 is 2.26 bits per heavy atom. The number of piperidine rings is 1. The fourth-order valence-corrected chi connectivity index (χ4v) is 4.44. The molecule has 0 atom stereocenters. The lowest BCUT2D eigenvalue weighted by atomic mass is 9.96. The van der Waals surface area contributed by atoms with Gasteiger partial charge in [-0.1, -0.05) is 0 Å². The second-order valence-corrected chi connectivity index (χ2v) is 7.91. The van der Waals surface area contributed by atoms with Crippen LogP contribution in [0.2, 0.25) is 0 Å². The van der Waals surface area contributed by atoms with Gasteiger partial charge in [0, 0.05) is 36.9 Å². The Bertz CT molecular complexity index is 750. The number of aromatic nitrogens is 5. The average Bonchev–Trinajstić information content (AvgIpc) is 3.31. The lowest BCUT2D eigenvalue weighted by molar-refractivity contribution is 0.315. The van der Waals surface area contributed by atoms with Crippen LogP contribution in [0.15, 0.2) is 6.07 Å². The zero-order valence-corrected chi connectivity index (χ0v) is 16.9. The highest BCUT2D eigenvalue weighted by Gasteiger charge is 2.27. The minimum Gasteiger partial charge on any atom is -0.341 e. The molecule has 2 aromatic rings. The third kappa shape index (κ3) is 3.98. The Hall–Kier alpha value is -2.02. The molecule has 7 heteroatoms. The minimum atomic E-state index is 0.479. The molecular weight excluding hydrogens is 338 g/mol. The molecule has 4 heterocycles. The van der Waals surface area contributed by atoms with Gasteiger partial charge in [0.2, 0.25) is 5.95 Å². The van der Waals surface area contributed by atoms with Crippen molar-refractivity contribution in [2.75, 3.05) is 31.1 Å². The molecule has 2 saturated heterocycles. The third-order valence-electron chi connectivity index (χ3n) is 5.85. The van der Waals surface area contributed by atoms with Gasteiger partial charge in [0.15, 0.2) is 0 Å². The van der Waals surface area contributed by atoms with Gasteiger partial charge in [0.05, 0.1) is 6.54 Å². The zero-order valence-electron chi connectivity index (χ0n) is 16.9. The zero-order chi connectivity index (χ0) is 18.8. The second kappa shape index (κ2) is 7.92. The monoisotopic (exact) mass is 369 g/mol. The highest BCUT2D eigenvalue weighted by molar-refractivity contribution is 5.33. The Morgan fingerprint density at radius 1 is 0.963 bits per heavy atom. The van der Waals surface area contributed by atoms with Crippen molar-refractivity contribution >= 4 is 5.95 Å². The van der Waals surface area contributed by atoms with E-state index in [1.54, 1.807) is 0 Å². The van der Waals surface area contributed by atoms with Crippen molar-refractivity contribution < 1.29 is 0 Å². The molecule has 146 valence electrons. The highest BCUT2D eigenvalue weighted by atomic mass is 15.3. The van der Waals surface area contributed by atoms with E-state index in [1.807, 2.05) is 19.9 Å². The van der Waals surface area contributed by atoms with Gasteiger partial charge in [0.25, 0.3) is 0 Å². The maximum atomic E-state index is 4.63. The summed E-state index contributed by atoms with van der Waals surface area (Å²) < 4.78 is 2.35. The largest absolute Gasteiger partial charge is 0.341 e. The van der Waals surface area contributed by atoms with Gasteiger partial charge in [-0.15, -0.1) is 10.2 Å². The molecule has 4 rings (SSSR count). The number of likely N-dealkylation sites (tertiary alicyclic amines) is 1. The summed E-state index contributed by atoms with van der Waals surface area (Å²) in [6.07, 6.45) is 4.79. The average molecular weight is 370 g/mol. The molecule has 27 heavy (non-hydrogen) atoms. The van der Waals surface area contributed by atoms with Crippen LogP contribution in [0.4, 0.5) is 5.95 Å². The summed E-state index contributed by atoms with van der Waals surface area (Å²) in [5.74, 6) is 3.66. The lowest BCUT2D eigenvalue weighted by Crippen LogP contribution is -2.35. The molecule has 2 aromatic heterocycles. The van der Waals surface area contributed by atoms with Gasteiger partial charge in [-0.3, -0.25) is 4.90 Å². The van der Waals surface area contributed by atoms with Crippen molar-refractivity contribution in [3.05, 3.63) is 29.1 Å². The molecular formula is C20H31N7. The maximum Gasteiger partial charge on any atom is 0.225 e. The number of hydrogen-bond donors (Lipinski definition) is 0. The highest BCUT2D eigenvalue weighted by Crippen LogP contribution is 2.29. The smallest absolute Gasteiger partial charge is 0.225 e. The third-order valence-corrected chi connectivity index (χ3v) is 5.85. The van der Waals surface area contributed by atoms with Gasteiger partial charge >= 0.3 is 0 Å². The van der Waals surface area contributed by atoms with E-state index in [1.165, 1.54) is 31.8 Å². The topological polar surface area (TPSA) is 63.0 Å². The van der Waals surface area contributed by atoms with E-state index in [0.717, 1.165) is 62.2 Å². The summed E-state index contributed by atoms with van der Waals surface area (Å²) in [4.78, 5) is 14.1. The van der Waals surface area contributed by atoms with Crippen LogP contribution < -0.4 is 4.90 Å². The van der Waals surface area contributed by atoms with Crippen molar-refractivity contribution in [3.8, 4) is 0 Å². The summed E-state index contributed by atoms with van der Waals surface area (Å²) in [5, 5.41) is 9.17. The lowest BCUT2D eigenvalue weighted by Gasteiger charge is -2.32. The fourth-order valence-electron chi connectivity index (χ4n) is 4.44.